The monoisotopic (exact) mass is 308 g/mol. The molecule has 0 aromatic carbocycles. The molecule has 1 fully saturated rings. The van der Waals surface area contributed by atoms with Crippen LogP contribution >= 0.6 is 0 Å². The van der Waals surface area contributed by atoms with Gasteiger partial charge in [-0.3, -0.25) is 0 Å². The number of carbonyl (C=O) groups is 2. The third-order valence-electron chi connectivity index (χ3n) is 3.56. The summed E-state index contributed by atoms with van der Waals surface area (Å²) in [5.74, 6) is -0.994. The molecule has 0 saturated carbocycles. The number of ether oxygens (including phenoxy) is 1. The lowest BCUT2D eigenvalue weighted by molar-refractivity contribution is -0.148. The molecule has 8 heteroatoms. The van der Waals surface area contributed by atoms with Gasteiger partial charge in [-0.05, 0) is 19.3 Å². The van der Waals surface area contributed by atoms with E-state index in [1.165, 1.54) is 4.90 Å². The molecule has 2 N–H and O–H groups in total. The van der Waals surface area contributed by atoms with E-state index in [-0.39, 0.29) is 13.2 Å². The van der Waals surface area contributed by atoms with Crippen LogP contribution in [0.4, 0.5) is 13.6 Å². The van der Waals surface area contributed by atoms with Crippen LogP contribution in [0, 0.1) is 0 Å². The van der Waals surface area contributed by atoms with Crippen LogP contribution in [0.5, 0.6) is 0 Å². The average molecular weight is 308 g/mol. The van der Waals surface area contributed by atoms with Gasteiger partial charge < -0.3 is 20.1 Å². The maximum Gasteiger partial charge on any atom is 0.329 e. The first-order valence-electron chi connectivity index (χ1n) is 7.09. The number of urea groups is 1. The van der Waals surface area contributed by atoms with Gasteiger partial charge in [-0.1, -0.05) is 13.3 Å². The minimum atomic E-state index is -2.54. The molecular weight excluding hydrogens is 286 g/mol. The smallest absolute Gasteiger partial charge is 0.329 e. The molecule has 0 radical (unpaired) electrons. The molecule has 0 spiro atoms. The predicted molar refractivity (Wildman–Crippen MR) is 71.4 cm³/mol. The molecule has 0 aromatic rings. The Labute approximate surface area is 122 Å². The number of carboxylic acids is 1. The summed E-state index contributed by atoms with van der Waals surface area (Å²) in [5.41, 5.74) is -1.15. The molecule has 1 unspecified atom stereocenters. The minimum Gasteiger partial charge on any atom is -0.479 e. The summed E-state index contributed by atoms with van der Waals surface area (Å²) in [7, 11) is 0. The van der Waals surface area contributed by atoms with Crippen LogP contribution in [-0.2, 0) is 9.53 Å². The molecule has 0 bridgehead atoms. The second-order valence-corrected chi connectivity index (χ2v) is 5.04. The van der Waals surface area contributed by atoms with Crippen LogP contribution in [0.1, 0.15) is 32.6 Å². The van der Waals surface area contributed by atoms with E-state index in [4.69, 9.17) is 0 Å². The number of carbonyl (C=O) groups excluding carboxylic acids is 1. The maximum atomic E-state index is 12.1. The number of likely N-dealkylation sites (tertiary alicyclic amines) is 1. The molecule has 1 heterocycles. The van der Waals surface area contributed by atoms with Gasteiger partial charge in [0.1, 0.15) is 12.1 Å². The van der Waals surface area contributed by atoms with Gasteiger partial charge in [0.05, 0.1) is 6.61 Å². The molecular formula is C13H22F2N2O4. The number of aliphatic carboxylic acids is 1. The van der Waals surface area contributed by atoms with Gasteiger partial charge >= 0.3 is 12.0 Å². The molecule has 21 heavy (non-hydrogen) atoms. The zero-order valence-electron chi connectivity index (χ0n) is 12.1. The summed E-state index contributed by atoms with van der Waals surface area (Å²) < 4.78 is 28.4. The van der Waals surface area contributed by atoms with E-state index in [1.807, 2.05) is 6.92 Å². The highest BCUT2D eigenvalue weighted by Gasteiger charge is 2.49. The largest absolute Gasteiger partial charge is 0.479 e. The number of rotatable bonds is 8. The highest BCUT2D eigenvalue weighted by atomic mass is 19.3. The molecule has 1 rings (SSSR count). The quantitative estimate of drug-likeness (QED) is 0.669. The Bertz CT molecular complexity index is 368. The van der Waals surface area contributed by atoms with E-state index in [2.05, 4.69) is 10.1 Å². The Morgan fingerprint density at radius 3 is 2.76 bits per heavy atom. The van der Waals surface area contributed by atoms with Crippen molar-refractivity contribution < 1.29 is 28.2 Å². The third-order valence-corrected chi connectivity index (χ3v) is 3.56. The third kappa shape index (κ3) is 4.52. The predicted octanol–water partition coefficient (Wildman–Crippen LogP) is 1.70. The summed E-state index contributed by atoms with van der Waals surface area (Å²) in [6.45, 7) is 1.63. The fourth-order valence-electron chi connectivity index (χ4n) is 2.68. The Balaban J connectivity index is 2.50. The van der Waals surface area contributed by atoms with Crippen molar-refractivity contribution in [3.63, 3.8) is 0 Å². The number of nitrogens with zero attached hydrogens (tertiary/aromatic N) is 1. The van der Waals surface area contributed by atoms with E-state index in [1.54, 1.807) is 0 Å². The number of hydrogen-bond donors (Lipinski definition) is 2. The molecule has 0 aromatic heterocycles. The van der Waals surface area contributed by atoms with Crippen molar-refractivity contribution in [2.45, 2.75) is 44.6 Å². The lowest BCUT2D eigenvalue weighted by Gasteiger charge is -2.34. The van der Waals surface area contributed by atoms with Crippen LogP contribution in [0.25, 0.3) is 0 Å². The van der Waals surface area contributed by atoms with E-state index >= 15 is 0 Å². The highest BCUT2D eigenvalue weighted by molar-refractivity contribution is 5.87. The average Bonchev–Trinajstić information content (AvgIpc) is 2.83. The maximum absolute atomic E-state index is 12.1. The topological polar surface area (TPSA) is 78.9 Å². The summed E-state index contributed by atoms with van der Waals surface area (Å²) in [4.78, 5) is 25.0. The van der Waals surface area contributed by atoms with Crippen LogP contribution in [0.2, 0.25) is 0 Å². The van der Waals surface area contributed by atoms with Gasteiger partial charge in [-0.2, -0.15) is 0 Å². The van der Waals surface area contributed by atoms with Crippen molar-refractivity contribution in [2.75, 3.05) is 26.3 Å². The zero-order valence-corrected chi connectivity index (χ0v) is 12.1. The second kappa shape index (κ2) is 8.11. The molecule has 2 amide bonds. The lowest BCUT2D eigenvalue weighted by atomic mass is 9.91. The molecule has 1 aliphatic heterocycles. The fraction of sp³-hybridized carbons (Fsp3) is 0.846. The van der Waals surface area contributed by atoms with E-state index in [0.29, 0.717) is 32.2 Å². The number of nitrogens with one attached hydrogen (secondary N) is 1. The Morgan fingerprint density at radius 2 is 2.19 bits per heavy atom. The number of hydrogen-bond acceptors (Lipinski definition) is 3. The van der Waals surface area contributed by atoms with Crippen LogP contribution < -0.4 is 5.32 Å². The number of carboxylic acid groups (broad SMARTS) is 1. The van der Waals surface area contributed by atoms with Gasteiger partial charge in [-0.15, -0.1) is 0 Å². The summed E-state index contributed by atoms with van der Waals surface area (Å²) >= 11 is 0. The van der Waals surface area contributed by atoms with Crippen molar-refractivity contribution in [1.82, 2.24) is 10.2 Å². The SMILES string of the molecule is CCCC1(C(=O)O)CCCN1C(=O)NCCOCC(F)F. The van der Waals surface area contributed by atoms with Gasteiger partial charge in [0.25, 0.3) is 6.43 Å². The number of alkyl halides is 2. The number of amides is 2. The van der Waals surface area contributed by atoms with Crippen molar-refractivity contribution in [3.05, 3.63) is 0 Å². The first-order valence-corrected chi connectivity index (χ1v) is 7.09. The van der Waals surface area contributed by atoms with Crippen molar-refractivity contribution in [2.24, 2.45) is 0 Å². The molecule has 1 aliphatic rings. The van der Waals surface area contributed by atoms with Gasteiger partial charge in [0.2, 0.25) is 0 Å². The van der Waals surface area contributed by atoms with Gasteiger partial charge in [0.15, 0.2) is 0 Å². The summed E-state index contributed by atoms with van der Waals surface area (Å²) in [5, 5.41) is 12.0. The Hall–Kier alpha value is -1.44. The molecule has 6 nitrogen and oxygen atoms in total. The van der Waals surface area contributed by atoms with Crippen LogP contribution in [0.15, 0.2) is 0 Å². The van der Waals surface area contributed by atoms with Crippen molar-refractivity contribution in [1.29, 1.82) is 0 Å². The molecule has 1 atom stereocenters. The molecule has 0 aliphatic carbocycles. The lowest BCUT2D eigenvalue weighted by Crippen LogP contribution is -2.56. The first kappa shape index (κ1) is 17.6. The summed E-state index contributed by atoms with van der Waals surface area (Å²) in [6, 6.07) is -0.482. The van der Waals surface area contributed by atoms with Crippen molar-refractivity contribution in [3.8, 4) is 0 Å². The minimum absolute atomic E-state index is 0.0300. The van der Waals surface area contributed by atoms with E-state index < -0.39 is 30.6 Å². The normalized spacial score (nSPS) is 21.8. The summed E-state index contributed by atoms with van der Waals surface area (Å²) in [6.07, 6.45) is -0.401. The van der Waals surface area contributed by atoms with E-state index in [0.717, 1.165) is 0 Å². The highest BCUT2D eigenvalue weighted by Crippen LogP contribution is 2.33. The van der Waals surface area contributed by atoms with Crippen LogP contribution in [0.3, 0.4) is 0 Å². The van der Waals surface area contributed by atoms with Gasteiger partial charge in [0, 0.05) is 13.1 Å². The first-order chi connectivity index (χ1) is 9.94. The van der Waals surface area contributed by atoms with E-state index in [9.17, 15) is 23.5 Å². The standard InChI is InChI=1S/C13H22F2N2O4/c1-2-4-13(11(18)19)5-3-7-17(13)12(20)16-6-8-21-9-10(14)15/h10H,2-9H2,1H3,(H,16,20)(H,18,19). The second-order valence-electron chi connectivity index (χ2n) is 5.04. The molecule has 1 saturated heterocycles. The zero-order chi connectivity index (χ0) is 15.9. The Morgan fingerprint density at radius 1 is 1.48 bits per heavy atom. The fourth-order valence-corrected chi connectivity index (χ4v) is 2.68. The van der Waals surface area contributed by atoms with Crippen LogP contribution in [-0.4, -0.2) is 60.3 Å². The number of halogens is 2. The Kier molecular flexibility index (Phi) is 6.80. The van der Waals surface area contributed by atoms with Gasteiger partial charge in [-0.25, -0.2) is 18.4 Å². The van der Waals surface area contributed by atoms with Crippen molar-refractivity contribution >= 4 is 12.0 Å². The molecule has 122 valence electrons.